The topological polar surface area (TPSA) is 27.6 Å². The SMILES string of the molecule is C1=CC2=CC=Nc3ccccc3N2N1. The van der Waals surface area contributed by atoms with Crippen LogP contribution in [0.3, 0.4) is 0 Å². The number of fused-ring (bicyclic) bond motifs is 3. The fraction of sp³-hybridized carbons (Fsp3) is 0. The molecule has 3 rings (SSSR count). The Morgan fingerprint density at radius 3 is 3.14 bits per heavy atom. The molecule has 0 spiro atoms. The average molecular weight is 183 g/mol. The molecule has 0 aliphatic carbocycles. The van der Waals surface area contributed by atoms with Gasteiger partial charge in [-0.2, -0.15) is 0 Å². The van der Waals surface area contributed by atoms with Crippen LogP contribution >= 0.6 is 0 Å². The van der Waals surface area contributed by atoms with Crippen molar-refractivity contribution >= 4 is 17.6 Å². The van der Waals surface area contributed by atoms with Crippen LogP contribution in [-0.4, -0.2) is 6.21 Å². The third kappa shape index (κ3) is 0.956. The van der Waals surface area contributed by atoms with Crippen molar-refractivity contribution in [3.05, 3.63) is 48.3 Å². The summed E-state index contributed by atoms with van der Waals surface area (Å²) in [6.07, 6.45) is 7.75. The predicted octanol–water partition coefficient (Wildman–Crippen LogP) is 2.12. The summed E-state index contributed by atoms with van der Waals surface area (Å²) in [5.74, 6) is 0. The van der Waals surface area contributed by atoms with Crippen molar-refractivity contribution in [2.24, 2.45) is 4.99 Å². The fourth-order valence-corrected chi connectivity index (χ4v) is 1.64. The summed E-state index contributed by atoms with van der Waals surface area (Å²) in [6, 6.07) is 8.05. The van der Waals surface area contributed by atoms with Crippen LogP contribution in [0.5, 0.6) is 0 Å². The van der Waals surface area contributed by atoms with E-state index in [1.807, 2.05) is 53.8 Å². The van der Waals surface area contributed by atoms with E-state index in [2.05, 4.69) is 10.4 Å². The number of hydrazine groups is 1. The number of nitrogens with one attached hydrogen (secondary N) is 1. The first-order chi connectivity index (χ1) is 6.95. The molecule has 0 bridgehead atoms. The number of nitrogens with zero attached hydrogens (tertiary/aromatic N) is 2. The second-order valence-corrected chi connectivity index (χ2v) is 3.16. The van der Waals surface area contributed by atoms with Gasteiger partial charge in [0.1, 0.15) is 0 Å². The molecule has 68 valence electrons. The Kier molecular flexibility index (Phi) is 1.44. The molecule has 3 nitrogen and oxygen atoms in total. The van der Waals surface area contributed by atoms with E-state index in [0.717, 1.165) is 17.1 Å². The third-order valence-electron chi connectivity index (χ3n) is 2.30. The number of allylic oxidation sites excluding steroid dienone is 2. The number of hydrogen-bond donors (Lipinski definition) is 1. The molecule has 0 fully saturated rings. The highest BCUT2D eigenvalue weighted by Crippen LogP contribution is 2.32. The molecular formula is C11H9N3. The highest BCUT2D eigenvalue weighted by Gasteiger charge is 2.17. The number of benzene rings is 1. The zero-order chi connectivity index (χ0) is 9.38. The molecule has 0 saturated heterocycles. The van der Waals surface area contributed by atoms with Crippen LogP contribution in [0, 0.1) is 0 Å². The molecule has 0 aromatic heterocycles. The molecule has 1 N–H and O–H groups in total. The maximum Gasteiger partial charge on any atom is 0.0886 e. The maximum atomic E-state index is 4.35. The first kappa shape index (κ1) is 7.38. The predicted molar refractivity (Wildman–Crippen MR) is 57.4 cm³/mol. The summed E-state index contributed by atoms with van der Waals surface area (Å²) in [7, 11) is 0. The van der Waals surface area contributed by atoms with Crippen LogP contribution in [-0.2, 0) is 0 Å². The number of anilines is 1. The minimum atomic E-state index is 0.981. The van der Waals surface area contributed by atoms with Crippen LogP contribution in [0.1, 0.15) is 0 Å². The maximum absolute atomic E-state index is 4.35. The molecule has 0 unspecified atom stereocenters. The number of hydrogen-bond acceptors (Lipinski definition) is 3. The summed E-state index contributed by atoms with van der Waals surface area (Å²) < 4.78 is 0. The van der Waals surface area contributed by atoms with Crippen LogP contribution < -0.4 is 10.4 Å². The van der Waals surface area contributed by atoms with Gasteiger partial charge < -0.3 is 5.43 Å². The van der Waals surface area contributed by atoms with Gasteiger partial charge in [-0.15, -0.1) is 0 Å². The molecule has 0 radical (unpaired) electrons. The smallest absolute Gasteiger partial charge is 0.0886 e. The summed E-state index contributed by atoms with van der Waals surface area (Å²) in [5.41, 5.74) is 6.33. The van der Waals surface area contributed by atoms with Gasteiger partial charge in [-0.05, 0) is 24.3 Å². The summed E-state index contributed by atoms with van der Waals surface area (Å²) in [6.45, 7) is 0. The lowest BCUT2D eigenvalue weighted by molar-refractivity contribution is 0.895. The van der Waals surface area contributed by atoms with Crippen LogP contribution in [0.15, 0.2) is 53.3 Å². The summed E-state index contributed by atoms with van der Waals surface area (Å²) >= 11 is 0. The monoisotopic (exact) mass is 183 g/mol. The fourth-order valence-electron chi connectivity index (χ4n) is 1.64. The van der Waals surface area contributed by atoms with E-state index in [0.29, 0.717) is 0 Å². The summed E-state index contributed by atoms with van der Waals surface area (Å²) in [4.78, 5) is 4.35. The van der Waals surface area contributed by atoms with Gasteiger partial charge in [0, 0.05) is 12.4 Å². The lowest BCUT2D eigenvalue weighted by Gasteiger charge is -2.20. The lowest BCUT2D eigenvalue weighted by Crippen LogP contribution is -2.27. The van der Waals surface area contributed by atoms with Crippen molar-refractivity contribution in [1.29, 1.82) is 0 Å². The van der Waals surface area contributed by atoms with Crippen molar-refractivity contribution in [3.8, 4) is 0 Å². The van der Waals surface area contributed by atoms with Crippen molar-refractivity contribution in [2.75, 3.05) is 5.01 Å². The Hall–Kier alpha value is -2.03. The molecule has 3 heteroatoms. The van der Waals surface area contributed by atoms with E-state index < -0.39 is 0 Å². The van der Waals surface area contributed by atoms with Crippen molar-refractivity contribution in [3.63, 3.8) is 0 Å². The lowest BCUT2D eigenvalue weighted by atomic mass is 10.2. The first-order valence-corrected chi connectivity index (χ1v) is 4.51. The second kappa shape index (κ2) is 2.73. The van der Waals surface area contributed by atoms with Gasteiger partial charge in [0.05, 0.1) is 17.1 Å². The van der Waals surface area contributed by atoms with Crippen LogP contribution in [0.2, 0.25) is 0 Å². The van der Waals surface area contributed by atoms with Gasteiger partial charge in [-0.25, -0.2) is 0 Å². The molecule has 0 amide bonds. The minimum absolute atomic E-state index is 0.981. The Labute approximate surface area is 82.0 Å². The number of rotatable bonds is 0. The van der Waals surface area contributed by atoms with E-state index in [1.54, 1.807) is 0 Å². The third-order valence-corrected chi connectivity index (χ3v) is 2.30. The van der Waals surface area contributed by atoms with Gasteiger partial charge in [0.15, 0.2) is 0 Å². The molecular weight excluding hydrogens is 174 g/mol. The zero-order valence-electron chi connectivity index (χ0n) is 7.51. The highest BCUT2D eigenvalue weighted by molar-refractivity contribution is 5.85. The standard InChI is InChI=1S/C11H9N3/c1-2-4-11-10(3-1)12-7-5-9-6-8-13-14(9)11/h1-8,13H. The van der Waals surface area contributed by atoms with E-state index in [4.69, 9.17) is 0 Å². The molecule has 2 aliphatic rings. The zero-order valence-corrected chi connectivity index (χ0v) is 7.51. The van der Waals surface area contributed by atoms with Gasteiger partial charge in [0.2, 0.25) is 0 Å². The second-order valence-electron chi connectivity index (χ2n) is 3.16. The largest absolute Gasteiger partial charge is 0.301 e. The molecule has 2 aliphatic heterocycles. The van der Waals surface area contributed by atoms with E-state index in [1.165, 1.54) is 0 Å². The van der Waals surface area contributed by atoms with Crippen LogP contribution in [0.4, 0.5) is 11.4 Å². The van der Waals surface area contributed by atoms with Crippen molar-refractivity contribution in [1.82, 2.24) is 5.43 Å². The molecule has 0 saturated carbocycles. The Morgan fingerprint density at radius 2 is 2.14 bits per heavy atom. The number of aliphatic imine (C=N–C) groups is 1. The Morgan fingerprint density at radius 1 is 1.21 bits per heavy atom. The Bertz CT molecular complexity index is 457. The molecule has 0 atom stereocenters. The number of para-hydroxylation sites is 2. The molecule has 14 heavy (non-hydrogen) atoms. The van der Waals surface area contributed by atoms with Gasteiger partial charge >= 0.3 is 0 Å². The van der Waals surface area contributed by atoms with E-state index >= 15 is 0 Å². The van der Waals surface area contributed by atoms with E-state index in [9.17, 15) is 0 Å². The van der Waals surface area contributed by atoms with Crippen LogP contribution in [0.25, 0.3) is 0 Å². The van der Waals surface area contributed by atoms with E-state index in [-0.39, 0.29) is 0 Å². The van der Waals surface area contributed by atoms with Gasteiger partial charge in [-0.1, -0.05) is 12.1 Å². The van der Waals surface area contributed by atoms with Gasteiger partial charge in [0.25, 0.3) is 0 Å². The average Bonchev–Trinajstić information content (AvgIpc) is 2.61. The normalized spacial score (nSPS) is 16.9. The van der Waals surface area contributed by atoms with Crippen molar-refractivity contribution in [2.45, 2.75) is 0 Å². The van der Waals surface area contributed by atoms with Gasteiger partial charge in [-0.3, -0.25) is 10.0 Å². The highest BCUT2D eigenvalue weighted by atomic mass is 15.5. The molecule has 1 aromatic carbocycles. The minimum Gasteiger partial charge on any atom is -0.301 e. The summed E-state index contributed by atoms with van der Waals surface area (Å²) in [5, 5.41) is 2.02. The van der Waals surface area contributed by atoms with Crippen molar-refractivity contribution < 1.29 is 0 Å². The molecule has 1 aromatic rings. The first-order valence-electron chi connectivity index (χ1n) is 4.51. The Balaban J connectivity index is 2.20. The molecule has 2 heterocycles. The quantitative estimate of drug-likeness (QED) is 0.667.